The molecule has 4 nitrogen and oxygen atoms in total. The Labute approximate surface area is 132 Å². The highest BCUT2D eigenvalue weighted by atomic mass is 35.5. The van der Waals surface area contributed by atoms with Gasteiger partial charge >= 0.3 is 0 Å². The summed E-state index contributed by atoms with van der Waals surface area (Å²) in [6.07, 6.45) is 1.81. The standard InChI is InChI=1S/C16H26ClNO3/c1-5-6-13(18)14(19)7-10(2)11-8-12(17)16(21-4)9-15(11)20-3/h8-10,13-14,19H,5-7,18H2,1-4H3. The van der Waals surface area contributed by atoms with E-state index in [0.717, 1.165) is 18.4 Å². The zero-order valence-electron chi connectivity index (χ0n) is 13.2. The van der Waals surface area contributed by atoms with Crippen LogP contribution in [-0.4, -0.2) is 31.5 Å². The number of nitrogens with two attached hydrogens (primary N) is 1. The van der Waals surface area contributed by atoms with Crippen molar-refractivity contribution in [2.75, 3.05) is 14.2 Å². The van der Waals surface area contributed by atoms with Gasteiger partial charge in [-0.15, -0.1) is 0 Å². The van der Waals surface area contributed by atoms with Crippen LogP contribution in [0.3, 0.4) is 0 Å². The first-order valence-corrected chi connectivity index (χ1v) is 7.67. The fourth-order valence-corrected chi connectivity index (χ4v) is 2.71. The zero-order chi connectivity index (χ0) is 16.0. The molecule has 0 bridgehead atoms. The van der Waals surface area contributed by atoms with E-state index >= 15 is 0 Å². The van der Waals surface area contributed by atoms with Crippen LogP contribution in [0.15, 0.2) is 12.1 Å². The van der Waals surface area contributed by atoms with E-state index in [1.807, 2.05) is 13.0 Å². The van der Waals surface area contributed by atoms with Crippen molar-refractivity contribution in [2.45, 2.75) is 51.2 Å². The van der Waals surface area contributed by atoms with Crippen LogP contribution in [-0.2, 0) is 0 Å². The van der Waals surface area contributed by atoms with Crippen LogP contribution in [0.2, 0.25) is 5.02 Å². The molecule has 1 aromatic carbocycles. The lowest BCUT2D eigenvalue weighted by Gasteiger charge is -2.23. The summed E-state index contributed by atoms with van der Waals surface area (Å²) in [5, 5.41) is 10.7. The van der Waals surface area contributed by atoms with Crippen molar-refractivity contribution in [1.82, 2.24) is 0 Å². The minimum absolute atomic E-state index is 0.0845. The van der Waals surface area contributed by atoms with Crippen molar-refractivity contribution in [1.29, 1.82) is 0 Å². The summed E-state index contributed by atoms with van der Waals surface area (Å²) in [6, 6.07) is 3.41. The lowest BCUT2D eigenvalue weighted by Crippen LogP contribution is -2.35. The molecule has 0 aliphatic carbocycles. The van der Waals surface area contributed by atoms with Gasteiger partial charge in [0.2, 0.25) is 0 Å². The molecule has 0 saturated heterocycles. The fraction of sp³-hybridized carbons (Fsp3) is 0.625. The molecular weight excluding hydrogens is 290 g/mol. The number of hydrogen-bond acceptors (Lipinski definition) is 4. The maximum atomic E-state index is 10.2. The van der Waals surface area contributed by atoms with Crippen molar-refractivity contribution in [3.8, 4) is 11.5 Å². The van der Waals surface area contributed by atoms with Gasteiger partial charge in [0, 0.05) is 12.1 Å². The van der Waals surface area contributed by atoms with E-state index in [-0.39, 0.29) is 12.0 Å². The van der Waals surface area contributed by atoms with Crippen molar-refractivity contribution in [3.05, 3.63) is 22.7 Å². The summed E-state index contributed by atoms with van der Waals surface area (Å²) in [5.74, 6) is 1.37. The molecule has 0 aliphatic heterocycles. The third kappa shape index (κ3) is 4.77. The molecule has 0 amide bonds. The van der Waals surface area contributed by atoms with E-state index in [4.69, 9.17) is 26.8 Å². The average molecular weight is 316 g/mol. The Bertz CT molecular complexity index is 453. The summed E-state index contributed by atoms with van der Waals surface area (Å²) in [4.78, 5) is 0. The largest absolute Gasteiger partial charge is 0.496 e. The lowest BCUT2D eigenvalue weighted by atomic mass is 9.90. The van der Waals surface area contributed by atoms with E-state index in [1.54, 1.807) is 20.3 Å². The van der Waals surface area contributed by atoms with Crippen LogP contribution >= 0.6 is 11.6 Å². The lowest BCUT2D eigenvalue weighted by molar-refractivity contribution is 0.124. The predicted molar refractivity (Wildman–Crippen MR) is 86.5 cm³/mol. The van der Waals surface area contributed by atoms with Gasteiger partial charge in [0.25, 0.3) is 0 Å². The van der Waals surface area contributed by atoms with Crippen LogP contribution < -0.4 is 15.2 Å². The van der Waals surface area contributed by atoms with Gasteiger partial charge in [-0.05, 0) is 30.4 Å². The Morgan fingerprint density at radius 3 is 2.38 bits per heavy atom. The SMILES string of the molecule is CCCC(N)C(O)CC(C)c1cc(Cl)c(OC)cc1OC. The second-order valence-electron chi connectivity index (χ2n) is 5.39. The number of halogens is 1. The molecule has 3 N–H and O–H groups in total. The number of hydrogen-bond donors (Lipinski definition) is 2. The Morgan fingerprint density at radius 1 is 1.24 bits per heavy atom. The molecule has 0 spiro atoms. The highest BCUT2D eigenvalue weighted by Gasteiger charge is 2.21. The van der Waals surface area contributed by atoms with Crippen molar-refractivity contribution >= 4 is 11.6 Å². The quantitative estimate of drug-likeness (QED) is 0.772. The third-order valence-corrected chi connectivity index (χ3v) is 4.04. The summed E-state index contributed by atoms with van der Waals surface area (Å²) in [5.41, 5.74) is 6.92. The molecule has 5 heteroatoms. The van der Waals surface area contributed by atoms with Gasteiger partial charge in [-0.3, -0.25) is 0 Å². The molecule has 0 aliphatic rings. The van der Waals surface area contributed by atoms with E-state index < -0.39 is 6.10 Å². The molecule has 21 heavy (non-hydrogen) atoms. The van der Waals surface area contributed by atoms with Crippen LogP contribution in [0, 0.1) is 0 Å². The second kappa shape index (κ2) is 8.47. The van der Waals surface area contributed by atoms with E-state index in [9.17, 15) is 5.11 Å². The monoisotopic (exact) mass is 315 g/mol. The highest BCUT2D eigenvalue weighted by molar-refractivity contribution is 6.32. The maximum Gasteiger partial charge on any atom is 0.141 e. The summed E-state index contributed by atoms with van der Waals surface area (Å²) < 4.78 is 10.6. The molecule has 0 heterocycles. The molecule has 3 unspecified atom stereocenters. The number of aliphatic hydroxyl groups excluding tert-OH is 1. The second-order valence-corrected chi connectivity index (χ2v) is 5.79. The van der Waals surface area contributed by atoms with E-state index in [2.05, 4.69) is 6.92 Å². The highest BCUT2D eigenvalue weighted by Crippen LogP contribution is 2.37. The van der Waals surface area contributed by atoms with Crippen LogP contribution in [0.25, 0.3) is 0 Å². The van der Waals surface area contributed by atoms with Crippen molar-refractivity contribution < 1.29 is 14.6 Å². The Kier molecular flexibility index (Phi) is 7.29. The number of benzene rings is 1. The molecule has 1 rings (SSSR count). The Hall–Kier alpha value is -0.970. The predicted octanol–water partition coefficient (Wildman–Crippen LogP) is 3.34. The van der Waals surface area contributed by atoms with Crippen LogP contribution in [0.5, 0.6) is 11.5 Å². The maximum absolute atomic E-state index is 10.2. The van der Waals surface area contributed by atoms with Crippen LogP contribution in [0.4, 0.5) is 0 Å². The molecular formula is C16H26ClNO3. The van der Waals surface area contributed by atoms with Crippen molar-refractivity contribution in [2.24, 2.45) is 5.73 Å². The molecule has 0 fully saturated rings. The number of ether oxygens (including phenoxy) is 2. The minimum atomic E-state index is -0.537. The molecule has 0 saturated carbocycles. The minimum Gasteiger partial charge on any atom is -0.496 e. The summed E-state index contributed by atoms with van der Waals surface area (Å²) in [6.45, 7) is 4.09. The molecule has 0 aromatic heterocycles. The number of methoxy groups -OCH3 is 2. The van der Waals surface area contributed by atoms with Gasteiger partial charge in [-0.1, -0.05) is 31.9 Å². The smallest absolute Gasteiger partial charge is 0.141 e. The molecule has 0 radical (unpaired) electrons. The van der Waals surface area contributed by atoms with Gasteiger partial charge in [0.1, 0.15) is 11.5 Å². The molecule has 1 aromatic rings. The van der Waals surface area contributed by atoms with Gasteiger partial charge in [-0.25, -0.2) is 0 Å². The first kappa shape index (κ1) is 18.1. The normalized spacial score (nSPS) is 15.4. The number of rotatable bonds is 8. The fourth-order valence-electron chi connectivity index (χ4n) is 2.46. The van der Waals surface area contributed by atoms with Gasteiger partial charge in [-0.2, -0.15) is 0 Å². The first-order chi connectivity index (χ1) is 9.94. The number of aliphatic hydroxyl groups is 1. The Morgan fingerprint density at radius 2 is 1.86 bits per heavy atom. The van der Waals surface area contributed by atoms with Gasteiger partial charge in [0.05, 0.1) is 25.3 Å². The third-order valence-electron chi connectivity index (χ3n) is 3.75. The van der Waals surface area contributed by atoms with Crippen LogP contribution in [0.1, 0.15) is 44.6 Å². The molecule has 120 valence electrons. The van der Waals surface area contributed by atoms with E-state index in [0.29, 0.717) is 22.9 Å². The van der Waals surface area contributed by atoms with Gasteiger partial charge in [0.15, 0.2) is 0 Å². The Balaban J connectivity index is 2.91. The zero-order valence-corrected chi connectivity index (χ0v) is 14.0. The average Bonchev–Trinajstić information content (AvgIpc) is 2.46. The first-order valence-electron chi connectivity index (χ1n) is 7.29. The topological polar surface area (TPSA) is 64.7 Å². The van der Waals surface area contributed by atoms with Gasteiger partial charge < -0.3 is 20.3 Å². The summed E-state index contributed by atoms with van der Waals surface area (Å²) >= 11 is 6.18. The molecule has 3 atom stereocenters. The van der Waals surface area contributed by atoms with Crippen molar-refractivity contribution in [3.63, 3.8) is 0 Å². The van der Waals surface area contributed by atoms with E-state index in [1.165, 1.54) is 0 Å². The summed E-state index contributed by atoms with van der Waals surface area (Å²) in [7, 11) is 3.18.